The molecule has 0 spiro atoms. The molecule has 4 aromatic heterocycles. The van der Waals surface area contributed by atoms with Crippen molar-refractivity contribution >= 4 is 127 Å². The average Bonchev–Trinajstić information content (AvgIpc) is 4.30. The van der Waals surface area contributed by atoms with Gasteiger partial charge in [-0.3, -0.25) is 0 Å². The van der Waals surface area contributed by atoms with Crippen LogP contribution in [0, 0.1) is 17.9 Å². The van der Waals surface area contributed by atoms with Crippen LogP contribution in [-0.4, -0.2) is 9.13 Å². The number of hydrogen-bond donors (Lipinski definition) is 0. The second-order valence-corrected chi connectivity index (χ2v) is 19.0. The van der Waals surface area contributed by atoms with Crippen LogP contribution in [0.1, 0.15) is 5.56 Å². The zero-order chi connectivity index (χ0) is 50.4. The molecule has 8 heteroatoms. The average molecular weight is 973 g/mol. The van der Waals surface area contributed by atoms with E-state index in [0.717, 1.165) is 122 Å². The Morgan fingerprint density at radius 2 is 0.763 bits per heavy atom. The molecule has 0 unspecified atom stereocenters. The molecule has 4 heterocycles. The molecule has 0 saturated carbocycles. The summed E-state index contributed by atoms with van der Waals surface area (Å²) in [7, 11) is 0. The SMILES string of the molecule is [C-]#[N+]c1cc(C#N)c(-n2c3ccc(N(c4ccccc4)c4ccccc4)cc3c3c4oc5ccccc5c4ccc32)cc1-n1c2ccc(N(c3ccccc3)c3ccccc3)cc2c2c3oc4ccccc4c3ccc21. The number of aromatic nitrogens is 2. The monoisotopic (exact) mass is 972 g/mol. The molecule has 76 heavy (non-hydrogen) atoms. The first kappa shape index (κ1) is 42.8. The smallest absolute Gasteiger partial charge is 0.212 e. The summed E-state index contributed by atoms with van der Waals surface area (Å²) in [6.07, 6.45) is 0. The lowest BCUT2D eigenvalue weighted by atomic mass is 10.1. The summed E-state index contributed by atoms with van der Waals surface area (Å²) in [5, 5.41) is 19.0. The number of para-hydroxylation sites is 6. The molecule has 8 nitrogen and oxygen atoms in total. The number of hydrogen-bond acceptors (Lipinski definition) is 5. The Hall–Kier alpha value is -10.8. The van der Waals surface area contributed by atoms with Crippen molar-refractivity contribution in [2.24, 2.45) is 0 Å². The fourth-order valence-corrected chi connectivity index (χ4v) is 11.7. The van der Waals surface area contributed by atoms with Gasteiger partial charge in [0.15, 0.2) is 0 Å². The Morgan fingerprint density at radius 1 is 0.368 bits per heavy atom. The lowest BCUT2D eigenvalue weighted by Crippen LogP contribution is -2.09. The number of benzene rings is 11. The molecule has 15 rings (SSSR count). The second kappa shape index (κ2) is 16.9. The minimum atomic E-state index is 0.340. The highest BCUT2D eigenvalue weighted by Crippen LogP contribution is 2.48. The standard InChI is InChI=1S/C68H40N6O2/c1-70-56-38-43(42-69)61(73-57-34-30-48(71(44-18-6-2-7-19-44)45-20-8-3-9-21-45)39-54(57)65-59(73)36-32-52-50-26-14-16-28-63(50)75-67(52)65)41-62(56)74-58-35-31-49(72(46-22-10-4-11-23-46)47-24-12-5-13-25-47)40-55(58)66-60(74)37-33-53-51-27-15-17-29-64(51)76-68(53)66/h2-41H. The van der Waals surface area contributed by atoms with Gasteiger partial charge in [0, 0.05) is 66.4 Å². The van der Waals surface area contributed by atoms with E-state index in [0.29, 0.717) is 22.6 Å². The molecule has 0 aliphatic rings. The van der Waals surface area contributed by atoms with Crippen molar-refractivity contribution < 1.29 is 8.83 Å². The van der Waals surface area contributed by atoms with Crippen LogP contribution in [0.3, 0.4) is 0 Å². The molecule has 0 fully saturated rings. The quantitative estimate of drug-likeness (QED) is 0.142. The van der Waals surface area contributed by atoms with Gasteiger partial charge in [0.2, 0.25) is 5.69 Å². The van der Waals surface area contributed by atoms with E-state index in [4.69, 9.17) is 15.4 Å². The Kier molecular flexibility index (Phi) is 9.52. The van der Waals surface area contributed by atoms with E-state index in [9.17, 15) is 5.26 Å². The number of furan rings is 2. The predicted octanol–water partition coefficient (Wildman–Crippen LogP) is 19.0. The molecule has 0 atom stereocenters. The van der Waals surface area contributed by atoms with Crippen LogP contribution in [0.2, 0.25) is 0 Å². The lowest BCUT2D eigenvalue weighted by Gasteiger charge is -2.25. The van der Waals surface area contributed by atoms with Gasteiger partial charge < -0.3 is 27.8 Å². The predicted molar refractivity (Wildman–Crippen MR) is 310 cm³/mol. The molecular formula is C68H40N6O2. The highest BCUT2D eigenvalue weighted by atomic mass is 16.3. The van der Waals surface area contributed by atoms with E-state index in [1.165, 1.54) is 0 Å². The van der Waals surface area contributed by atoms with Crippen LogP contribution in [0.25, 0.3) is 104 Å². The number of fused-ring (bicyclic) bond motifs is 14. The first-order valence-corrected chi connectivity index (χ1v) is 25.2. The molecule has 0 radical (unpaired) electrons. The van der Waals surface area contributed by atoms with Gasteiger partial charge in [-0.25, -0.2) is 4.85 Å². The van der Waals surface area contributed by atoms with Crippen LogP contribution >= 0.6 is 0 Å². The van der Waals surface area contributed by atoms with Gasteiger partial charge >= 0.3 is 0 Å². The zero-order valence-electron chi connectivity index (χ0n) is 40.6. The summed E-state index contributed by atoms with van der Waals surface area (Å²) in [4.78, 5) is 8.71. The first-order chi connectivity index (χ1) is 37.6. The lowest BCUT2D eigenvalue weighted by molar-refractivity contribution is 0.672. The molecule has 0 amide bonds. The highest BCUT2D eigenvalue weighted by molar-refractivity contribution is 6.26. The van der Waals surface area contributed by atoms with Crippen molar-refractivity contribution in [2.45, 2.75) is 0 Å². The van der Waals surface area contributed by atoms with Crippen molar-refractivity contribution in [1.82, 2.24) is 9.13 Å². The van der Waals surface area contributed by atoms with E-state index in [1.807, 2.05) is 66.7 Å². The van der Waals surface area contributed by atoms with Gasteiger partial charge in [-0.15, -0.1) is 0 Å². The second-order valence-electron chi connectivity index (χ2n) is 19.0. The van der Waals surface area contributed by atoms with Gasteiger partial charge in [0.1, 0.15) is 22.3 Å². The number of nitrogens with zero attached hydrogens (tertiary/aromatic N) is 6. The molecule has 0 aliphatic heterocycles. The number of rotatable bonds is 8. The van der Waals surface area contributed by atoms with Gasteiger partial charge in [-0.1, -0.05) is 109 Å². The summed E-state index contributed by atoms with van der Waals surface area (Å²) >= 11 is 0. The van der Waals surface area contributed by atoms with Gasteiger partial charge in [0.05, 0.1) is 62.4 Å². The number of anilines is 6. The van der Waals surface area contributed by atoms with E-state index in [-0.39, 0.29) is 0 Å². The normalized spacial score (nSPS) is 11.7. The van der Waals surface area contributed by atoms with Crippen LogP contribution in [-0.2, 0) is 0 Å². The Labute approximate surface area is 435 Å². The molecule has 354 valence electrons. The zero-order valence-corrected chi connectivity index (χ0v) is 40.6. The highest BCUT2D eigenvalue weighted by Gasteiger charge is 2.27. The van der Waals surface area contributed by atoms with Crippen molar-refractivity contribution in [1.29, 1.82) is 5.26 Å². The third kappa shape index (κ3) is 6.42. The van der Waals surface area contributed by atoms with Crippen LogP contribution < -0.4 is 9.80 Å². The third-order valence-electron chi connectivity index (χ3n) is 14.9. The fraction of sp³-hybridized carbons (Fsp3) is 0. The first-order valence-electron chi connectivity index (χ1n) is 25.2. The minimum Gasteiger partial charge on any atom is -0.455 e. The molecular weight excluding hydrogens is 933 g/mol. The van der Waals surface area contributed by atoms with Crippen molar-refractivity contribution in [3.05, 3.63) is 260 Å². The van der Waals surface area contributed by atoms with E-state index < -0.39 is 0 Å². The van der Waals surface area contributed by atoms with Crippen molar-refractivity contribution in [2.75, 3.05) is 9.80 Å². The van der Waals surface area contributed by atoms with E-state index in [1.54, 1.807) is 6.07 Å². The molecule has 15 aromatic rings. The summed E-state index contributed by atoms with van der Waals surface area (Å²) in [5.74, 6) is 0. The Morgan fingerprint density at radius 3 is 1.18 bits per heavy atom. The van der Waals surface area contributed by atoms with Crippen molar-refractivity contribution in [3.63, 3.8) is 0 Å². The fourth-order valence-electron chi connectivity index (χ4n) is 11.7. The maximum Gasteiger partial charge on any atom is 0.212 e. The third-order valence-corrected chi connectivity index (χ3v) is 14.9. The van der Waals surface area contributed by atoms with E-state index in [2.05, 4.69) is 200 Å². The van der Waals surface area contributed by atoms with Gasteiger partial charge in [-0.05, 0) is 133 Å². The Bertz CT molecular complexity index is 4520. The van der Waals surface area contributed by atoms with Gasteiger partial charge in [-0.2, -0.15) is 5.26 Å². The minimum absolute atomic E-state index is 0.340. The van der Waals surface area contributed by atoms with Crippen LogP contribution in [0.4, 0.5) is 39.8 Å². The maximum absolute atomic E-state index is 11.2. The van der Waals surface area contributed by atoms with Crippen molar-refractivity contribution in [3.8, 4) is 17.4 Å². The van der Waals surface area contributed by atoms with Crippen LogP contribution in [0.15, 0.2) is 251 Å². The molecule has 0 N–H and O–H groups in total. The largest absolute Gasteiger partial charge is 0.455 e. The topological polar surface area (TPSA) is 70.8 Å². The summed E-state index contributed by atoms with van der Waals surface area (Å²) in [5.41, 5.74) is 14.5. The maximum atomic E-state index is 11.2. The number of nitriles is 1. The molecule has 0 aliphatic carbocycles. The molecule has 0 bridgehead atoms. The van der Waals surface area contributed by atoms with Gasteiger partial charge in [0.25, 0.3) is 0 Å². The molecule has 11 aromatic carbocycles. The Balaban J connectivity index is 1.03. The summed E-state index contributed by atoms with van der Waals surface area (Å²) < 4.78 is 18.1. The summed E-state index contributed by atoms with van der Waals surface area (Å²) in [6.45, 7) is 8.77. The molecule has 0 saturated heterocycles. The summed E-state index contributed by atoms with van der Waals surface area (Å²) in [6, 6.07) is 85.7. The van der Waals surface area contributed by atoms with E-state index >= 15 is 0 Å². The van der Waals surface area contributed by atoms with Crippen LogP contribution in [0.5, 0.6) is 0 Å².